The minimum atomic E-state index is -0.363. The first-order valence-corrected chi connectivity index (χ1v) is 7.79. The van der Waals surface area contributed by atoms with Gasteiger partial charge in [0.2, 0.25) is 0 Å². The van der Waals surface area contributed by atoms with Crippen molar-refractivity contribution in [2.75, 3.05) is 13.1 Å². The molecule has 19 heavy (non-hydrogen) atoms. The second-order valence-electron chi connectivity index (χ2n) is 6.88. The van der Waals surface area contributed by atoms with Gasteiger partial charge in [-0.15, -0.1) is 0 Å². The molecule has 0 radical (unpaired) electrons. The molecule has 0 bridgehead atoms. The first-order chi connectivity index (χ1) is 8.86. The van der Waals surface area contributed by atoms with Gasteiger partial charge in [0, 0.05) is 18.6 Å². The average molecular weight is 265 g/mol. The van der Waals surface area contributed by atoms with E-state index in [1.807, 2.05) is 6.92 Å². The minimum Gasteiger partial charge on any atom is -0.300 e. The van der Waals surface area contributed by atoms with Crippen molar-refractivity contribution in [1.82, 2.24) is 10.2 Å². The highest BCUT2D eigenvalue weighted by Gasteiger charge is 2.26. The third kappa shape index (κ3) is 5.50. The zero-order valence-electron chi connectivity index (χ0n) is 13.4. The molecule has 0 saturated carbocycles. The summed E-state index contributed by atoms with van der Waals surface area (Å²) in [7, 11) is 0. The highest BCUT2D eigenvalue weighted by molar-refractivity contribution is 5.04. The molecule has 110 valence electrons. The van der Waals surface area contributed by atoms with E-state index in [9.17, 15) is 5.26 Å². The van der Waals surface area contributed by atoms with Crippen LogP contribution in [0, 0.1) is 17.2 Å². The van der Waals surface area contributed by atoms with Crippen molar-refractivity contribution in [1.29, 1.82) is 5.26 Å². The molecule has 0 aliphatic carbocycles. The first kappa shape index (κ1) is 16.5. The second-order valence-corrected chi connectivity index (χ2v) is 6.88. The van der Waals surface area contributed by atoms with Gasteiger partial charge in [-0.05, 0) is 65.8 Å². The summed E-state index contributed by atoms with van der Waals surface area (Å²) in [5.74, 6) is 0.849. The van der Waals surface area contributed by atoms with Crippen LogP contribution < -0.4 is 5.32 Å². The van der Waals surface area contributed by atoms with E-state index in [2.05, 4.69) is 44.0 Å². The third-order valence-electron chi connectivity index (χ3n) is 4.14. The zero-order chi connectivity index (χ0) is 14.5. The molecule has 0 aromatic carbocycles. The molecule has 1 fully saturated rings. The van der Waals surface area contributed by atoms with Crippen molar-refractivity contribution in [3.63, 3.8) is 0 Å². The summed E-state index contributed by atoms with van der Waals surface area (Å²) in [6.07, 6.45) is 4.61. The summed E-state index contributed by atoms with van der Waals surface area (Å²) in [5.41, 5.74) is -0.363. The highest BCUT2D eigenvalue weighted by atomic mass is 15.2. The molecule has 0 aromatic heterocycles. The van der Waals surface area contributed by atoms with Gasteiger partial charge in [0.1, 0.15) is 5.54 Å². The number of likely N-dealkylation sites (tertiary alicyclic amines) is 1. The normalized spacial score (nSPS) is 27.4. The molecule has 1 N–H and O–H groups in total. The van der Waals surface area contributed by atoms with Crippen molar-refractivity contribution in [3.8, 4) is 6.07 Å². The Morgan fingerprint density at radius 1 is 1.37 bits per heavy atom. The van der Waals surface area contributed by atoms with E-state index < -0.39 is 0 Å². The van der Waals surface area contributed by atoms with Crippen LogP contribution in [0.2, 0.25) is 0 Å². The lowest BCUT2D eigenvalue weighted by Crippen LogP contribution is -2.45. The Morgan fingerprint density at radius 3 is 2.53 bits per heavy atom. The molecule has 3 atom stereocenters. The molecule has 1 rings (SSSR count). The Labute approximate surface area is 119 Å². The van der Waals surface area contributed by atoms with E-state index in [0.717, 1.165) is 24.8 Å². The first-order valence-electron chi connectivity index (χ1n) is 7.79. The molecule has 1 heterocycles. The predicted octanol–water partition coefficient (Wildman–Crippen LogP) is 3.17. The molecule has 3 nitrogen and oxygen atoms in total. The molecule has 0 amide bonds. The Balaban J connectivity index is 2.24. The van der Waals surface area contributed by atoms with Gasteiger partial charge in [0.05, 0.1) is 6.07 Å². The van der Waals surface area contributed by atoms with E-state index in [0.29, 0.717) is 6.04 Å². The Hall–Kier alpha value is -0.590. The summed E-state index contributed by atoms with van der Waals surface area (Å²) in [6.45, 7) is 13.3. The molecule has 1 aliphatic rings. The van der Waals surface area contributed by atoms with Crippen LogP contribution in [0.5, 0.6) is 0 Å². The van der Waals surface area contributed by atoms with Crippen molar-refractivity contribution in [2.24, 2.45) is 5.92 Å². The number of hydrogen-bond donors (Lipinski definition) is 1. The lowest BCUT2D eigenvalue weighted by molar-refractivity contribution is 0.253. The number of rotatable bonds is 7. The van der Waals surface area contributed by atoms with Crippen molar-refractivity contribution in [3.05, 3.63) is 0 Å². The topological polar surface area (TPSA) is 39.1 Å². The largest absolute Gasteiger partial charge is 0.300 e. The maximum atomic E-state index is 9.30. The Morgan fingerprint density at radius 2 is 2.05 bits per heavy atom. The fourth-order valence-corrected chi connectivity index (χ4v) is 3.29. The van der Waals surface area contributed by atoms with Crippen LogP contribution in [0.15, 0.2) is 0 Å². The van der Waals surface area contributed by atoms with Crippen molar-refractivity contribution >= 4 is 0 Å². The van der Waals surface area contributed by atoms with Crippen LogP contribution in [0.3, 0.4) is 0 Å². The van der Waals surface area contributed by atoms with Gasteiger partial charge < -0.3 is 4.90 Å². The summed E-state index contributed by atoms with van der Waals surface area (Å²) >= 11 is 0. The minimum absolute atomic E-state index is 0.363. The monoisotopic (exact) mass is 265 g/mol. The molecule has 0 spiro atoms. The number of unbranched alkanes of at least 4 members (excludes halogenated alkanes) is 1. The summed E-state index contributed by atoms with van der Waals surface area (Å²) < 4.78 is 0. The van der Waals surface area contributed by atoms with Crippen LogP contribution in [0.1, 0.15) is 60.3 Å². The van der Waals surface area contributed by atoms with E-state index in [-0.39, 0.29) is 5.54 Å². The summed E-state index contributed by atoms with van der Waals surface area (Å²) in [5, 5.41) is 12.7. The van der Waals surface area contributed by atoms with E-state index >= 15 is 0 Å². The fraction of sp³-hybridized carbons (Fsp3) is 0.938. The maximum absolute atomic E-state index is 9.30. The molecule has 1 aliphatic heterocycles. The highest BCUT2D eigenvalue weighted by Crippen LogP contribution is 2.23. The second kappa shape index (κ2) is 7.26. The molecular formula is C16H31N3. The molecule has 3 unspecified atom stereocenters. The Bertz CT molecular complexity index is 308. The van der Waals surface area contributed by atoms with Gasteiger partial charge in [-0.25, -0.2) is 0 Å². The van der Waals surface area contributed by atoms with Crippen LogP contribution in [0.25, 0.3) is 0 Å². The van der Waals surface area contributed by atoms with Crippen LogP contribution >= 0.6 is 0 Å². The lowest BCUT2D eigenvalue weighted by Gasteiger charge is -2.26. The van der Waals surface area contributed by atoms with Gasteiger partial charge >= 0.3 is 0 Å². The molecular weight excluding hydrogens is 234 g/mol. The molecule has 3 heteroatoms. The van der Waals surface area contributed by atoms with Gasteiger partial charge in [-0.3, -0.25) is 5.32 Å². The zero-order valence-corrected chi connectivity index (χ0v) is 13.4. The molecule has 1 saturated heterocycles. The third-order valence-corrected chi connectivity index (χ3v) is 4.14. The standard InChI is InChI=1S/C16H31N3/c1-13(2)18-16(5,12-17)8-6-7-9-19-11-14(3)10-15(19)4/h13-15,18H,6-11H2,1-5H3. The number of nitrogens with one attached hydrogen (secondary N) is 1. The summed E-state index contributed by atoms with van der Waals surface area (Å²) in [6, 6.07) is 3.54. The van der Waals surface area contributed by atoms with Crippen LogP contribution in [0.4, 0.5) is 0 Å². The quantitative estimate of drug-likeness (QED) is 0.719. The fourth-order valence-electron chi connectivity index (χ4n) is 3.29. The van der Waals surface area contributed by atoms with Crippen LogP contribution in [-0.2, 0) is 0 Å². The van der Waals surface area contributed by atoms with Gasteiger partial charge in [0.15, 0.2) is 0 Å². The predicted molar refractivity (Wildman–Crippen MR) is 81.0 cm³/mol. The number of nitrogens with zero attached hydrogens (tertiary/aromatic N) is 2. The summed E-state index contributed by atoms with van der Waals surface area (Å²) in [4.78, 5) is 2.60. The van der Waals surface area contributed by atoms with Gasteiger partial charge in [-0.2, -0.15) is 5.26 Å². The maximum Gasteiger partial charge on any atom is 0.104 e. The number of hydrogen-bond acceptors (Lipinski definition) is 3. The molecule has 0 aromatic rings. The van der Waals surface area contributed by atoms with Crippen LogP contribution in [-0.4, -0.2) is 35.6 Å². The lowest BCUT2D eigenvalue weighted by atomic mass is 9.95. The SMILES string of the molecule is CC1CC(C)N(CCCCC(C)(C#N)NC(C)C)C1. The smallest absolute Gasteiger partial charge is 0.104 e. The van der Waals surface area contributed by atoms with Gasteiger partial charge in [0.25, 0.3) is 0 Å². The average Bonchev–Trinajstić information content (AvgIpc) is 2.63. The van der Waals surface area contributed by atoms with Gasteiger partial charge in [-0.1, -0.05) is 6.92 Å². The van der Waals surface area contributed by atoms with E-state index in [1.165, 1.54) is 25.9 Å². The van der Waals surface area contributed by atoms with Crippen molar-refractivity contribution < 1.29 is 0 Å². The van der Waals surface area contributed by atoms with E-state index in [4.69, 9.17) is 0 Å². The van der Waals surface area contributed by atoms with Crippen molar-refractivity contribution in [2.45, 2.75) is 77.9 Å². The van der Waals surface area contributed by atoms with E-state index in [1.54, 1.807) is 0 Å². The number of nitriles is 1. The Kier molecular flexibility index (Phi) is 6.29.